The predicted octanol–water partition coefficient (Wildman–Crippen LogP) is 11.5. The summed E-state index contributed by atoms with van der Waals surface area (Å²) >= 11 is 14.3. The maximum atomic E-state index is 6.20. The number of rotatable bonds is 11. The first-order valence-electron chi connectivity index (χ1n) is 16.9. The molecule has 0 radical (unpaired) electrons. The predicted molar refractivity (Wildman–Crippen MR) is 200 cm³/mol. The van der Waals surface area contributed by atoms with Crippen molar-refractivity contribution in [3.8, 4) is 0 Å². The Bertz CT molecular complexity index is 1680. The summed E-state index contributed by atoms with van der Waals surface area (Å²) in [5, 5.41) is 0. The van der Waals surface area contributed by atoms with Gasteiger partial charge in [-0.25, -0.2) is 0 Å². The van der Waals surface area contributed by atoms with Gasteiger partial charge in [0.25, 0.3) is 0 Å². The van der Waals surface area contributed by atoms with Crippen molar-refractivity contribution in [3.05, 3.63) is 130 Å². The van der Waals surface area contributed by atoms with Gasteiger partial charge in [-0.1, -0.05) is 80.2 Å². The number of hydrogen-bond acceptors (Lipinski definition) is 2. The van der Waals surface area contributed by atoms with Crippen LogP contribution >= 0.6 is 35.0 Å². The van der Waals surface area contributed by atoms with Gasteiger partial charge in [-0.3, -0.25) is 0 Å². The number of hydrogen-bond donors (Lipinski definition) is 0. The van der Waals surface area contributed by atoms with E-state index in [0.717, 1.165) is 51.6 Å². The first-order chi connectivity index (χ1) is 22.3. The Morgan fingerprint density at radius 3 is 2.39 bits per heavy atom. The lowest BCUT2D eigenvalue weighted by molar-refractivity contribution is -0.437. The van der Waals surface area contributed by atoms with Crippen LogP contribution in [0.3, 0.4) is 0 Å². The molecule has 2 heterocycles. The van der Waals surface area contributed by atoms with E-state index in [1.165, 1.54) is 49.3 Å². The molecular formula is C41H47Cl2N2S+. The zero-order chi connectivity index (χ0) is 32.3. The van der Waals surface area contributed by atoms with Gasteiger partial charge in [0.1, 0.15) is 0 Å². The molecular weight excluding hydrogens is 623 g/mol. The van der Waals surface area contributed by atoms with E-state index in [0.29, 0.717) is 11.8 Å². The fourth-order valence-corrected chi connectivity index (χ4v) is 9.00. The van der Waals surface area contributed by atoms with Crippen LogP contribution in [0.5, 0.6) is 0 Å². The topological polar surface area (TPSA) is 6.25 Å². The van der Waals surface area contributed by atoms with E-state index in [4.69, 9.17) is 23.2 Å². The molecule has 0 amide bonds. The van der Waals surface area contributed by atoms with Crippen LogP contribution in [0.2, 0.25) is 0 Å². The highest BCUT2D eigenvalue weighted by Gasteiger charge is 2.44. The number of para-hydroxylation sites is 1. The largest absolute Gasteiger partial charge is 0.344 e. The number of benzene rings is 2. The molecule has 0 unspecified atom stereocenters. The average Bonchev–Trinajstić information content (AvgIpc) is 3.62. The van der Waals surface area contributed by atoms with Gasteiger partial charge in [0.05, 0.1) is 5.41 Å². The standard InChI is InChI=1S/C41H47Cl2N2S/c1-40(2)33-16-8-10-18-35(33)44(28-12-26-42)37(40)24-22-30-20-21-31(39(30)46-32-14-6-5-7-15-32)23-25-38-41(3,4)34-17-9-11-19-36(34)45(38)29-13-27-43/h5-8,10-11,14-16,18-19,22-25H,9,12-13,17,20-21,26-29H2,1-4H3/q+1. The van der Waals surface area contributed by atoms with E-state index in [-0.39, 0.29) is 10.8 Å². The molecule has 0 saturated carbocycles. The van der Waals surface area contributed by atoms with Gasteiger partial charge >= 0.3 is 0 Å². The Balaban J connectivity index is 1.39. The van der Waals surface area contributed by atoms with Crippen molar-refractivity contribution >= 4 is 46.4 Å². The molecule has 2 aromatic rings. The summed E-state index contributed by atoms with van der Waals surface area (Å²) in [6.07, 6.45) is 20.6. The highest BCUT2D eigenvalue weighted by Crippen LogP contribution is 2.51. The van der Waals surface area contributed by atoms with Crippen molar-refractivity contribution in [3.63, 3.8) is 0 Å². The molecule has 2 nitrogen and oxygen atoms in total. The van der Waals surface area contributed by atoms with Crippen molar-refractivity contribution in [2.24, 2.45) is 5.41 Å². The van der Waals surface area contributed by atoms with Gasteiger partial charge in [-0.05, 0) is 87.0 Å². The first kappa shape index (κ1) is 33.2. The molecule has 6 rings (SSSR count). The minimum absolute atomic E-state index is 0.00739. The van der Waals surface area contributed by atoms with E-state index in [2.05, 4.69) is 128 Å². The van der Waals surface area contributed by atoms with Crippen LogP contribution < -0.4 is 0 Å². The van der Waals surface area contributed by atoms with Gasteiger partial charge in [0.2, 0.25) is 5.69 Å². The summed E-state index contributed by atoms with van der Waals surface area (Å²) in [6, 6.07) is 19.7. The number of nitrogens with zero attached hydrogens (tertiary/aromatic N) is 2. The molecule has 46 heavy (non-hydrogen) atoms. The smallest absolute Gasteiger partial charge is 0.209 e. The van der Waals surface area contributed by atoms with Gasteiger partial charge in [0.15, 0.2) is 12.3 Å². The van der Waals surface area contributed by atoms with Crippen molar-refractivity contribution in [2.45, 2.75) is 76.5 Å². The molecule has 0 fully saturated rings. The highest BCUT2D eigenvalue weighted by molar-refractivity contribution is 8.03. The fourth-order valence-electron chi connectivity index (χ4n) is 7.63. The first-order valence-corrected chi connectivity index (χ1v) is 18.8. The fraction of sp³-hybridized carbons (Fsp3) is 0.390. The number of thioether (sulfide) groups is 1. The van der Waals surface area contributed by atoms with Crippen LogP contribution in [-0.4, -0.2) is 40.0 Å². The van der Waals surface area contributed by atoms with E-state index in [1.807, 2.05) is 11.8 Å². The van der Waals surface area contributed by atoms with Crippen LogP contribution in [-0.2, 0) is 5.41 Å². The molecule has 2 aromatic carbocycles. The molecule has 4 aliphatic rings. The molecule has 2 aliphatic carbocycles. The number of allylic oxidation sites excluding steroid dienone is 9. The number of halogens is 2. The SMILES string of the molecule is CC1(C)C2=C(C=CCC2)N(CCCCl)/C1=C/C=C1\CCC(/C=C/C2=[N+](CCCCl)c3ccccc3C2(C)C)=C1Sc1ccccc1. The van der Waals surface area contributed by atoms with E-state index in [9.17, 15) is 0 Å². The lowest BCUT2D eigenvalue weighted by Gasteiger charge is -2.29. The molecule has 0 N–H and O–H groups in total. The van der Waals surface area contributed by atoms with Crippen molar-refractivity contribution in [1.82, 2.24) is 4.90 Å². The monoisotopic (exact) mass is 669 g/mol. The molecule has 240 valence electrons. The van der Waals surface area contributed by atoms with Crippen molar-refractivity contribution in [2.75, 3.05) is 24.8 Å². The Morgan fingerprint density at radius 1 is 0.848 bits per heavy atom. The summed E-state index contributed by atoms with van der Waals surface area (Å²) in [5.74, 6) is 1.34. The summed E-state index contributed by atoms with van der Waals surface area (Å²) < 4.78 is 2.50. The van der Waals surface area contributed by atoms with E-state index >= 15 is 0 Å². The number of fused-ring (bicyclic) bond motifs is 1. The Labute approximate surface area is 291 Å². The third-order valence-electron chi connectivity index (χ3n) is 10.0. The third-order valence-corrected chi connectivity index (χ3v) is 11.8. The summed E-state index contributed by atoms with van der Waals surface area (Å²) in [4.78, 5) is 5.21. The number of alkyl halides is 2. The van der Waals surface area contributed by atoms with Crippen LogP contribution in [0.1, 0.15) is 71.8 Å². The summed E-state index contributed by atoms with van der Waals surface area (Å²) in [7, 11) is 0. The minimum Gasteiger partial charge on any atom is -0.344 e. The molecule has 2 aliphatic heterocycles. The quantitative estimate of drug-likeness (QED) is 0.173. The molecule has 0 spiro atoms. The highest BCUT2D eigenvalue weighted by atomic mass is 35.5. The zero-order valence-corrected chi connectivity index (χ0v) is 30.1. The van der Waals surface area contributed by atoms with Crippen LogP contribution in [0.25, 0.3) is 0 Å². The lowest BCUT2D eigenvalue weighted by atomic mass is 9.79. The Hall–Kier alpha value is -2.72. The van der Waals surface area contributed by atoms with Gasteiger partial charge in [-0.2, -0.15) is 4.58 Å². The van der Waals surface area contributed by atoms with Crippen LogP contribution in [0, 0.1) is 5.41 Å². The van der Waals surface area contributed by atoms with Crippen molar-refractivity contribution < 1.29 is 4.58 Å². The second kappa shape index (κ2) is 14.2. The minimum atomic E-state index is -0.0739. The van der Waals surface area contributed by atoms with Gasteiger partial charge in [-0.15, -0.1) is 23.2 Å². The normalized spacial score (nSPS) is 21.9. The maximum absolute atomic E-state index is 6.20. The second-order valence-corrected chi connectivity index (χ2v) is 15.5. The Morgan fingerprint density at radius 2 is 1.61 bits per heavy atom. The molecule has 5 heteroatoms. The second-order valence-electron chi connectivity index (χ2n) is 13.7. The molecule has 0 aromatic heterocycles. The summed E-state index contributed by atoms with van der Waals surface area (Å²) in [5.41, 5.74) is 11.2. The van der Waals surface area contributed by atoms with Crippen molar-refractivity contribution in [1.29, 1.82) is 0 Å². The molecule has 0 saturated heterocycles. The maximum Gasteiger partial charge on any atom is 0.209 e. The van der Waals surface area contributed by atoms with E-state index in [1.54, 1.807) is 5.57 Å². The van der Waals surface area contributed by atoms with Crippen LogP contribution in [0.15, 0.2) is 129 Å². The Kier molecular flexibility index (Phi) is 10.2. The van der Waals surface area contributed by atoms with E-state index < -0.39 is 0 Å². The lowest BCUT2D eigenvalue weighted by Crippen LogP contribution is -2.28. The molecule has 0 atom stereocenters. The summed E-state index contributed by atoms with van der Waals surface area (Å²) in [6.45, 7) is 11.4. The average molecular weight is 671 g/mol. The molecule has 0 bridgehead atoms. The third kappa shape index (κ3) is 6.40. The van der Waals surface area contributed by atoms with Gasteiger partial charge in [0, 0.05) is 69.0 Å². The van der Waals surface area contributed by atoms with Crippen LogP contribution in [0.4, 0.5) is 5.69 Å². The van der Waals surface area contributed by atoms with Gasteiger partial charge < -0.3 is 4.90 Å². The zero-order valence-electron chi connectivity index (χ0n) is 27.8.